The molecule has 0 N–H and O–H groups in total. The lowest BCUT2D eigenvalue weighted by Crippen LogP contribution is -1.83. The molecule has 0 saturated heterocycles. The molecule has 1 heterocycles. The Hall–Kier alpha value is -1.80. The number of hydrogen-bond donors (Lipinski definition) is 0. The molecule has 0 atom stereocenters. The molecule has 0 fully saturated rings. The van der Waals surface area contributed by atoms with Crippen LogP contribution in [0.4, 0.5) is 0 Å². The minimum Gasteiger partial charge on any atom is -0.457 e. The Balaban J connectivity index is 2.04. The zero-order valence-electron chi connectivity index (χ0n) is 8.59. The molecule has 0 unspecified atom stereocenters. The molecular weight excluding hydrogens is 216 g/mol. The van der Waals surface area contributed by atoms with E-state index >= 15 is 0 Å². The van der Waals surface area contributed by atoms with Crippen LogP contribution in [0.25, 0.3) is 10.1 Å². The van der Waals surface area contributed by atoms with Crippen molar-refractivity contribution >= 4 is 21.4 Å². The molecule has 3 aromatic rings. The second kappa shape index (κ2) is 3.99. The summed E-state index contributed by atoms with van der Waals surface area (Å²) in [6.07, 6.45) is 0. The van der Waals surface area contributed by atoms with Gasteiger partial charge in [-0.2, -0.15) is 0 Å². The van der Waals surface area contributed by atoms with Crippen LogP contribution in [0.2, 0.25) is 0 Å². The fourth-order valence-corrected chi connectivity index (χ4v) is 2.47. The number of rotatable bonds is 2. The minimum absolute atomic E-state index is 0.876. The van der Waals surface area contributed by atoms with E-state index in [1.54, 1.807) is 11.3 Å². The molecular formula is C14H10OS. The first-order valence-electron chi connectivity index (χ1n) is 5.12. The summed E-state index contributed by atoms with van der Waals surface area (Å²) in [5.74, 6) is 1.80. The molecule has 78 valence electrons. The molecule has 0 radical (unpaired) electrons. The average Bonchev–Trinajstić information content (AvgIpc) is 2.80. The van der Waals surface area contributed by atoms with E-state index in [2.05, 4.69) is 17.5 Å². The lowest BCUT2D eigenvalue weighted by molar-refractivity contribution is 0.488. The molecule has 0 amide bonds. The standard InChI is InChI=1S/C14H10OS/c1-2-5-11(6-3-1)15-13-7-4-8-14-12(13)9-10-16-14/h1-10H. The monoisotopic (exact) mass is 226 g/mol. The van der Waals surface area contributed by atoms with Crippen LogP contribution in [0.1, 0.15) is 0 Å². The van der Waals surface area contributed by atoms with Gasteiger partial charge >= 0.3 is 0 Å². The molecule has 0 aliphatic rings. The van der Waals surface area contributed by atoms with Crippen molar-refractivity contribution in [3.8, 4) is 11.5 Å². The molecule has 2 aromatic carbocycles. The van der Waals surface area contributed by atoms with Crippen molar-refractivity contribution in [1.82, 2.24) is 0 Å². The van der Waals surface area contributed by atoms with Crippen LogP contribution in [0.15, 0.2) is 60.0 Å². The predicted octanol–water partition coefficient (Wildman–Crippen LogP) is 4.69. The van der Waals surface area contributed by atoms with Gasteiger partial charge in [-0.05, 0) is 35.7 Å². The van der Waals surface area contributed by atoms with Gasteiger partial charge in [0.1, 0.15) is 11.5 Å². The summed E-state index contributed by atoms with van der Waals surface area (Å²) in [7, 11) is 0. The summed E-state index contributed by atoms with van der Waals surface area (Å²) in [5, 5.41) is 3.26. The Labute approximate surface area is 97.9 Å². The van der Waals surface area contributed by atoms with E-state index in [0.29, 0.717) is 0 Å². The summed E-state index contributed by atoms with van der Waals surface area (Å²) in [4.78, 5) is 0. The predicted molar refractivity (Wildman–Crippen MR) is 68.3 cm³/mol. The first kappa shape index (κ1) is 9.43. The van der Waals surface area contributed by atoms with E-state index in [-0.39, 0.29) is 0 Å². The second-order valence-corrected chi connectivity index (χ2v) is 4.45. The van der Waals surface area contributed by atoms with Gasteiger partial charge in [-0.25, -0.2) is 0 Å². The largest absolute Gasteiger partial charge is 0.457 e. The molecule has 1 nitrogen and oxygen atoms in total. The van der Waals surface area contributed by atoms with Crippen molar-refractivity contribution in [1.29, 1.82) is 0 Å². The maximum Gasteiger partial charge on any atom is 0.136 e. The smallest absolute Gasteiger partial charge is 0.136 e. The fraction of sp³-hybridized carbons (Fsp3) is 0. The number of hydrogen-bond acceptors (Lipinski definition) is 2. The maximum atomic E-state index is 5.86. The molecule has 16 heavy (non-hydrogen) atoms. The lowest BCUT2D eigenvalue weighted by atomic mass is 10.2. The van der Waals surface area contributed by atoms with Gasteiger partial charge in [-0.1, -0.05) is 24.3 Å². The van der Waals surface area contributed by atoms with Crippen molar-refractivity contribution in [2.45, 2.75) is 0 Å². The molecule has 2 heteroatoms. The Morgan fingerprint density at radius 1 is 0.812 bits per heavy atom. The van der Waals surface area contributed by atoms with Crippen LogP contribution >= 0.6 is 11.3 Å². The molecule has 3 rings (SSSR count). The molecule has 0 spiro atoms. The number of benzene rings is 2. The number of para-hydroxylation sites is 1. The Morgan fingerprint density at radius 2 is 1.69 bits per heavy atom. The summed E-state index contributed by atoms with van der Waals surface area (Å²) < 4.78 is 7.11. The third-order valence-electron chi connectivity index (χ3n) is 2.43. The van der Waals surface area contributed by atoms with Gasteiger partial charge in [0.05, 0.1) is 0 Å². The molecule has 0 bridgehead atoms. The van der Waals surface area contributed by atoms with Gasteiger partial charge in [-0.15, -0.1) is 11.3 Å². The van der Waals surface area contributed by atoms with Crippen molar-refractivity contribution in [3.05, 3.63) is 60.0 Å². The van der Waals surface area contributed by atoms with Crippen LogP contribution in [0, 0.1) is 0 Å². The van der Waals surface area contributed by atoms with E-state index in [1.807, 2.05) is 42.5 Å². The van der Waals surface area contributed by atoms with E-state index < -0.39 is 0 Å². The zero-order valence-corrected chi connectivity index (χ0v) is 9.41. The molecule has 1 aromatic heterocycles. The van der Waals surface area contributed by atoms with Gasteiger partial charge in [0, 0.05) is 10.1 Å². The highest BCUT2D eigenvalue weighted by Gasteiger charge is 2.03. The zero-order chi connectivity index (χ0) is 10.8. The topological polar surface area (TPSA) is 9.23 Å². The summed E-state index contributed by atoms with van der Waals surface area (Å²) in [6.45, 7) is 0. The first-order chi connectivity index (χ1) is 7.93. The van der Waals surface area contributed by atoms with Gasteiger partial charge in [-0.3, -0.25) is 0 Å². The van der Waals surface area contributed by atoms with Crippen molar-refractivity contribution in [2.75, 3.05) is 0 Å². The van der Waals surface area contributed by atoms with E-state index in [1.165, 1.54) is 10.1 Å². The third-order valence-corrected chi connectivity index (χ3v) is 3.31. The Morgan fingerprint density at radius 3 is 2.56 bits per heavy atom. The van der Waals surface area contributed by atoms with Gasteiger partial charge < -0.3 is 4.74 Å². The summed E-state index contributed by atoms with van der Waals surface area (Å²) >= 11 is 1.73. The number of ether oxygens (including phenoxy) is 1. The highest BCUT2D eigenvalue weighted by atomic mass is 32.1. The normalized spacial score (nSPS) is 10.5. The molecule has 0 aliphatic carbocycles. The molecule has 0 saturated carbocycles. The highest BCUT2D eigenvalue weighted by molar-refractivity contribution is 7.17. The van der Waals surface area contributed by atoms with Gasteiger partial charge in [0.15, 0.2) is 0 Å². The minimum atomic E-state index is 0.876. The third kappa shape index (κ3) is 1.68. The molecule has 0 aliphatic heterocycles. The van der Waals surface area contributed by atoms with Gasteiger partial charge in [0.25, 0.3) is 0 Å². The first-order valence-corrected chi connectivity index (χ1v) is 6.00. The van der Waals surface area contributed by atoms with Crippen molar-refractivity contribution in [3.63, 3.8) is 0 Å². The Bertz CT molecular complexity index is 598. The van der Waals surface area contributed by atoms with E-state index in [4.69, 9.17) is 4.74 Å². The summed E-state index contributed by atoms with van der Waals surface area (Å²) in [6, 6.07) is 18.1. The number of fused-ring (bicyclic) bond motifs is 1. The maximum absolute atomic E-state index is 5.86. The van der Waals surface area contributed by atoms with Crippen LogP contribution in [-0.2, 0) is 0 Å². The lowest BCUT2D eigenvalue weighted by Gasteiger charge is -2.06. The average molecular weight is 226 g/mol. The quantitative estimate of drug-likeness (QED) is 0.615. The number of thiophene rings is 1. The highest BCUT2D eigenvalue weighted by Crippen LogP contribution is 2.32. The van der Waals surface area contributed by atoms with Crippen LogP contribution in [0.5, 0.6) is 11.5 Å². The fourth-order valence-electron chi connectivity index (χ4n) is 1.67. The summed E-state index contributed by atoms with van der Waals surface area (Å²) in [5.41, 5.74) is 0. The van der Waals surface area contributed by atoms with Crippen LogP contribution in [-0.4, -0.2) is 0 Å². The van der Waals surface area contributed by atoms with E-state index in [9.17, 15) is 0 Å². The van der Waals surface area contributed by atoms with E-state index in [0.717, 1.165) is 11.5 Å². The second-order valence-electron chi connectivity index (χ2n) is 3.50. The van der Waals surface area contributed by atoms with Crippen LogP contribution < -0.4 is 4.74 Å². The van der Waals surface area contributed by atoms with Crippen molar-refractivity contribution in [2.24, 2.45) is 0 Å². The SMILES string of the molecule is c1ccc(Oc2cccc3sccc23)cc1. The van der Waals surface area contributed by atoms with Crippen molar-refractivity contribution < 1.29 is 4.74 Å². The van der Waals surface area contributed by atoms with Crippen LogP contribution in [0.3, 0.4) is 0 Å². The van der Waals surface area contributed by atoms with Gasteiger partial charge in [0.2, 0.25) is 0 Å². The Kier molecular flexibility index (Phi) is 2.35.